The fourth-order valence-corrected chi connectivity index (χ4v) is 2.60. The fourth-order valence-electron chi connectivity index (χ4n) is 2.60. The number of hydrogen-bond donors (Lipinski definition) is 3. The van der Waals surface area contributed by atoms with Gasteiger partial charge in [0.15, 0.2) is 0 Å². The summed E-state index contributed by atoms with van der Waals surface area (Å²) in [5.41, 5.74) is 5.13. The van der Waals surface area contributed by atoms with Crippen LogP contribution >= 0.6 is 0 Å². The van der Waals surface area contributed by atoms with Gasteiger partial charge < -0.3 is 16.4 Å². The first kappa shape index (κ1) is 15.8. The number of nitrogens with one attached hydrogen (secondary N) is 2. The minimum Gasteiger partial charge on any atom is -0.352 e. The third-order valence-corrected chi connectivity index (χ3v) is 3.54. The maximum absolute atomic E-state index is 12.2. The molecule has 0 unspecified atom stereocenters. The molecule has 0 aromatic carbocycles. The van der Waals surface area contributed by atoms with E-state index in [0.717, 1.165) is 12.8 Å². The highest BCUT2D eigenvalue weighted by atomic mass is 16.2. The van der Waals surface area contributed by atoms with Crippen molar-refractivity contribution in [2.24, 2.45) is 11.7 Å². The number of carbonyl (C=O) groups excluding carboxylic acids is 2. The number of primary amides is 1. The zero-order chi connectivity index (χ0) is 14.3. The van der Waals surface area contributed by atoms with Crippen molar-refractivity contribution in [3.8, 4) is 0 Å². The highest BCUT2D eigenvalue weighted by Crippen LogP contribution is 2.17. The molecule has 0 saturated heterocycles. The summed E-state index contributed by atoms with van der Waals surface area (Å²) < 4.78 is 0. The van der Waals surface area contributed by atoms with Crippen LogP contribution in [0.2, 0.25) is 0 Å². The van der Waals surface area contributed by atoms with Crippen molar-refractivity contribution in [1.82, 2.24) is 10.6 Å². The highest BCUT2D eigenvalue weighted by molar-refractivity contribution is 5.86. The SMILES string of the molecule is CC(C)C[C@H](NC(N)=O)C(=O)NC1CCCCCC1. The zero-order valence-electron chi connectivity index (χ0n) is 12.1. The molecule has 0 radical (unpaired) electrons. The van der Waals surface area contributed by atoms with Gasteiger partial charge in [-0.1, -0.05) is 39.5 Å². The van der Waals surface area contributed by atoms with E-state index in [4.69, 9.17) is 5.73 Å². The zero-order valence-corrected chi connectivity index (χ0v) is 12.1. The average Bonchev–Trinajstić information content (AvgIpc) is 2.55. The van der Waals surface area contributed by atoms with E-state index < -0.39 is 12.1 Å². The molecule has 4 N–H and O–H groups in total. The lowest BCUT2D eigenvalue weighted by Crippen LogP contribution is -2.51. The Kier molecular flexibility index (Phi) is 6.67. The molecule has 110 valence electrons. The molecule has 0 aliphatic heterocycles. The molecule has 5 nitrogen and oxygen atoms in total. The summed E-state index contributed by atoms with van der Waals surface area (Å²) in [5, 5.41) is 5.60. The number of carbonyl (C=O) groups is 2. The summed E-state index contributed by atoms with van der Waals surface area (Å²) in [6, 6.07) is -0.901. The van der Waals surface area contributed by atoms with Crippen LogP contribution in [0.15, 0.2) is 0 Å². The normalized spacial score (nSPS) is 18.7. The number of nitrogens with two attached hydrogens (primary N) is 1. The number of amides is 3. The van der Waals surface area contributed by atoms with Crippen LogP contribution in [-0.2, 0) is 4.79 Å². The van der Waals surface area contributed by atoms with Crippen LogP contribution < -0.4 is 16.4 Å². The standard InChI is InChI=1S/C14H27N3O2/c1-10(2)9-12(17-14(15)19)13(18)16-11-7-5-3-4-6-8-11/h10-12H,3-9H2,1-2H3,(H,16,18)(H3,15,17,19)/t12-/m0/s1. The van der Waals surface area contributed by atoms with Gasteiger partial charge in [0.1, 0.15) is 6.04 Å². The maximum Gasteiger partial charge on any atom is 0.312 e. The Bertz CT molecular complexity index is 297. The van der Waals surface area contributed by atoms with Crippen LogP contribution in [0.4, 0.5) is 4.79 Å². The van der Waals surface area contributed by atoms with Gasteiger partial charge in [0.25, 0.3) is 0 Å². The molecule has 0 bridgehead atoms. The minimum absolute atomic E-state index is 0.0978. The van der Waals surface area contributed by atoms with Crippen LogP contribution in [0.3, 0.4) is 0 Å². The summed E-state index contributed by atoms with van der Waals surface area (Å²) in [6.07, 6.45) is 7.53. The first-order chi connectivity index (χ1) is 8.99. The average molecular weight is 269 g/mol. The van der Waals surface area contributed by atoms with E-state index in [1.54, 1.807) is 0 Å². The van der Waals surface area contributed by atoms with Gasteiger partial charge in [-0.3, -0.25) is 4.79 Å². The molecule has 1 rings (SSSR count). The van der Waals surface area contributed by atoms with Gasteiger partial charge in [-0.2, -0.15) is 0 Å². The second-order valence-corrected chi connectivity index (χ2v) is 5.89. The van der Waals surface area contributed by atoms with Gasteiger partial charge in [-0.25, -0.2) is 4.79 Å². The summed E-state index contributed by atoms with van der Waals surface area (Å²) in [5.74, 6) is 0.233. The van der Waals surface area contributed by atoms with E-state index in [0.29, 0.717) is 12.3 Å². The smallest absolute Gasteiger partial charge is 0.312 e. The van der Waals surface area contributed by atoms with E-state index in [2.05, 4.69) is 10.6 Å². The lowest BCUT2D eigenvalue weighted by Gasteiger charge is -2.23. The quantitative estimate of drug-likeness (QED) is 0.666. The molecule has 0 heterocycles. The number of urea groups is 1. The van der Waals surface area contributed by atoms with E-state index in [9.17, 15) is 9.59 Å². The number of rotatable bonds is 5. The molecule has 5 heteroatoms. The van der Waals surface area contributed by atoms with Gasteiger partial charge >= 0.3 is 6.03 Å². The molecular formula is C14H27N3O2. The van der Waals surface area contributed by atoms with Crippen molar-refractivity contribution < 1.29 is 9.59 Å². The molecule has 1 aliphatic rings. The fraction of sp³-hybridized carbons (Fsp3) is 0.857. The highest BCUT2D eigenvalue weighted by Gasteiger charge is 2.23. The van der Waals surface area contributed by atoms with E-state index in [1.165, 1.54) is 25.7 Å². The first-order valence-electron chi connectivity index (χ1n) is 7.35. The lowest BCUT2D eigenvalue weighted by atomic mass is 10.0. The van der Waals surface area contributed by atoms with E-state index in [1.807, 2.05) is 13.8 Å². The molecule has 3 amide bonds. The Morgan fingerprint density at radius 2 is 1.74 bits per heavy atom. The van der Waals surface area contributed by atoms with Gasteiger partial charge in [-0.05, 0) is 25.2 Å². The first-order valence-corrected chi connectivity index (χ1v) is 7.35. The van der Waals surface area contributed by atoms with Crippen LogP contribution in [0.5, 0.6) is 0 Å². The maximum atomic E-state index is 12.2. The Labute approximate surface area is 115 Å². The number of hydrogen-bond acceptors (Lipinski definition) is 2. The Hall–Kier alpha value is -1.26. The van der Waals surface area contributed by atoms with Crippen LogP contribution in [0.1, 0.15) is 58.8 Å². The second kappa shape index (κ2) is 8.02. The molecule has 0 aromatic heterocycles. The molecule has 1 atom stereocenters. The molecule has 19 heavy (non-hydrogen) atoms. The van der Waals surface area contributed by atoms with E-state index in [-0.39, 0.29) is 11.9 Å². The van der Waals surface area contributed by atoms with E-state index >= 15 is 0 Å². The molecule has 1 fully saturated rings. The molecular weight excluding hydrogens is 242 g/mol. The van der Waals surface area contributed by atoms with Gasteiger partial charge in [0.05, 0.1) is 0 Å². The molecule has 1 saturated carbocycles. The van der Waals surface area contributed by atoms with Crippen LogP contribution in [-0.4, -0.2) is 24.0 Å². The predicted molar refractivity (Wildman–Crippen MR) is 75.6 cm³/mol. The molecule has 1 aliphatic carbocycles. The summed E-state index contributed by atoms with van der Waals surface area (Å²) in [6.45, 7) is 4.04. The minimum atomic E-state index is -0.637. The van der Waals surface area contributed by atoms with Crippen molar-refractivity contribution in [1.29, 1.82) is 0 Å². The van der Waals surface area contributed by atoms with Gasteiger partial charge in [0.2, 0.25) is 5.91 Å². The van der Waals surface area contributed by atoms with Crippen LogP contribution in [0, 0.1) is 5.92 Å². The lowest BCUT2D eigenvalue weighted by molar-refractivity contribution is -0.124. The van der Waals surface area contributed by atoms with Gasteiger partial charge in [-0.15, -0.1) is 0 Å². The monoisotopic (exact) mass is 269 g/mol. The van der Waals surface area contributed by atoms with Crippen molar-refractivity contribution in [3.63, 3.8) is 0 Å². The largest absolute Gasteiger partial charge is 0.352 e. The third-order valence-electron chi connectivity index (χ3n) is 3.54. The third kappa shape index (κ3) is 6.45. The second-order valence-electron chi connectivity index (χ2n) is 5.89. The molecule has 0 aromatic rings. The summed E-state index contributed by atoms with van der Waals surface area (Å²) >= 11 is 0. The van der Waals surface area contributed by atoms with Crippen molar-refractivity contribution >= 4 is 11.9 Å². The molecule has 0 spiro atoms. The van der Waals surface area contributed by atoms with Crippen LogP contribution in [0.25, 0.3) is 0 Å². The van der Waals surface area contributed by atoms with Crippen molar-refractivity contribution in [3.05, 3.63) is 0 Å². The van der Waals surface area contributed by atoms with Crippen molar-refractivity contribution in [2.75, 3.05) is 0 Å². The Morgan fingerprint density at radius 1 is 1.16 bits per heavy atom. The summed E-state index contributed by atoms with van der Waals surface area (Å²) in [4.78, 5) is 23.2. The van der Waals surface area contributed by atoms with Crippen molar-refractivity contribution in [2.45, 2.75) is 70.9 Å². The topological polar surface area (TPSA) is 84.2 Å². The van der Waals surface area contributed by atoms with Gasteiger partial charge in [0, 0.05) is 6.04 Å². The Balaban J connectivity index is 2.51. The predicted octanol–water partition coefficient (Wildman–Crippen LogP) is 1.91. The Morgan fingerprint density at radius 3 is 2.21 bits per heavy atom. The summed E-state index contributed by atoms with van der Waals surface area (Å²) in [7, 11) is 0.